The van der Waals surface area contributed by atoms with E-state index in [1.165, 1.54) is 0 Å². The molecule has 2 aromatic rings. The summed E-state index contributed by atoms with van der Waals surface area (Å²) in [6.07, 6.45) is 0. The minimum atomic E-state index is -0.0748. The number of hydrogen-bond acceptors (Lipinski definition) is 4. The van der Waals surface area contributed by atoms with E-state index in [9.17, 15) is 4.79 Å². The zero-order valence-electron chi connectivity index (χ0n) is 10.2. The molecule has 0 bridgehead atoms. The maximum Gasteiger partial charge on any atom is 0.239 e. The molecule has 3 rings (SSSR count). The number of thioether (sulfide) groups is 1. The van der Waals surface area contributed by atoms with Crippen molar-refractivity contribution >= 4 is 35.1 Å². The highest BCUT2D eigenvalue weighted by Crippen LogP contribution is 2.41. The van der Waals surface area contributed by atoms with Gasteiger partial charge >= 0.3 is 0 Å². The Morgan fingerprint density at radius 2 is 2.16 bits per heavy atom. The number of rotatable bonds is 2. The molecule has 6 heteroatoms. The lowest BCUT2D eigenvalue weighted by Crippen LogP contribution is -2.28. The zero-order valence-corrected chi connectivity index (χ0v) is 11.7. The molecule has 1 fully saturated rings. The third-order valence-corrected chi connectivity index (χ3v) is 4.35. The average Bonchev–Trinajstić information content (AvgIpc) is 2.96. The van der Waals surface area contributed by atoms with E-state index in [0.717, 1.165) is 5.56 Å². The molecular formula is C13H11ClN2O2S. The van der Waals surface area contributed by atoms with E-state index in [0.29, 0.717) is 22.4 Å². The van der Waals surface area contributed by atoms with Gasteiger partial charge in [0, 0.05) is 11.1 Å². The van der Waals surface area contributed by atoms with Crippen LogP contribution in [-0.2, 0) is 4.79 Å². The third kappa shape index (κ3) is 2.35. The number of anilines is 1. The Bertz CT molecular complexity index is 611. The van der Waals surface area contributed by atoms with E-state index in [1.807, 2.05) is 31.2 Å². The van der Waals surface area contributed by atoms with Crippen LogP contribution in [0.5, 0.6) is 0 Å². The average molecular weight is 295 g/mol. The lowest BCUT2D eigenvalue weighted by Gasteiger charge is -2.21. The number of hydrogen-bond donors (Lipinski definition) is 0. The summed E-state index contributed by atoms with van der Waals surface area (Å²) >= 11 is 7.46. The molecule has 4 nitrogen and oxygen atoms in total. The van der Waals surface area contributed by atoms with Gasteiger partial charge in [0.1, 0.15) is 11.1 Å². The largest absolute Gasteiger partial charge is 0.360 e. The molecule has 0 aliphatic carbocycles. The van der Waals surface area contributed by atoms with Crippen molar-refractivity contribution in [2.24, 2.45) is 0 Å². The van der Waals surface area contributed by atoms with Crippen LogP contribution in [-0.4, -0.2) is 16.8 Å². The van der Waals surface area contributed by atoms with Crippen LogP contribution in [0, 0.1) is 6.92 Å². The van der Waals surface area contributed by atoms with E-state index < -0.39 is 0 Å². The molecule has 0 saturated carbocycles. The molecule has 0 N–H and O–H groups in total. The van der Waals surface area contributed by atoms with Crippen LogP contribution in [0.2, 0.25) is 5.02 Å². The van der Waals surface area contributed by atoms with E-state index >= 15 is 0 Å². The van der Waals surface area contributed by atoms with Crippen molar-refractivity contribution in [2.75, 3.05) is 10.7 Å². The normalized spacial score (nSPS) is 19.2. The summed E-state index contributed by atoms with van der Waals surface area (Å²) in [4.78, 5) is 13.7. The predicted molar refractivity (Wildman–Crippen MR) is 75.4 cm³/mol. The van der Waals surface area contributed by atoms with E-state index in [-0.39, 0.29) is 11.3 Å². The molecule has 1 aliphatic rings. The standard InChI is InChI=1S/C13H11ClN2O2S/c1-8-6-11(15-18-8)16-12(17)7-19-13(16)9-2-4-10(14)5-3-9/h2-6,13H,7H2,1H3/t13-/m1/s1. The van der Waals surface area contributed by atoms with Gasteiger partial charge in [0.05, 0.1) is 5.75 Å². The van der Waals surface area contributed by atoms with Crippen molar-refractivity contribution in [3.05, 3.63) is 46.7 Å². The fraction of sp³-hybridized carbons (Fsp3) is 0.231. The van der Waals surface area contributed by atoms with E-state index in [4.69, 9.17) is 16.1 Å². The van der Waals surface area contributed by atoms with Gasteiger partial charge in [-0.25, -0.2) is 0 Å². The number of aryl methyl sites for hydroxylation is 1. The molecule has 1 saturated heterocycles. The minimum Gasteiger partial charge on any atom is -0.360 e. The highest BCUT2D eigenvalue weighted by molar-refractivity contribution is 8.00. The first-order chi connectivity index (χ1) is 9.15. The number of aromatic nitrogens is 1. The second-order valence-electron chi connectivity index (χ2n) is 4.27. The van der Waals surface area contributed by atoms with Crippen LogP contribution in [0.3, 0.4) is 0 Å². The molecule has 1 aromatic carbocycles. The van der Waals surface area contributed by atoms with Crippen molar-refractivity contribution in [2.45, 2.75) is 12.3 Å². The van der Waals surface area contributed by atoms with Crippen molar-refractivity contribution in [3.8, 4) is 0 Å². The number of carbonyl (C=O) groups is 1. The topological polar surface area (TPSA) is 46.3 Å². The monoisotopic (exact) mass is 294 g/mol. The maximum absolute atomic E-state index is 12.0. The molecule has 1 aliphatic heterocycles. The Kier molecular flexibility index (Phi) is 3.24. The number of carbonyl (C=O) groups excluding carboxylic acids is 1. The lowest BCUT2D eigenvalue weighted by atomic mass is 10.2. The van der Waals surface area contributed by atoms with Gasteiger partial charge in [0.25, 0.3) is 0 Å². The molecule has 1 atom stereocenters. The van der Waals surface area contributed by atoms with Gasteiger partial charge in [-0.2, -0.15) is 0 Å². The predicted octanol–water partition coefficient (Wildman–Crippen LogP) is 3.42. The molecule has 0 radical (unpaired) electrons. The number of nitrogens with zero attached hydrogens (tertiary/aromatic N) is 2. The van der Waals surface area contributed by atoms with E-state index in [1.54, 1.807) is 22.7 Å². The fourth-order valence-corrected chi connectivity index (χ4v) is 3.30. The second kappa shape index (κ2) is 4.90. The summed E-state index contributed by atoms with van der Waals surface area (Å²) in [5.74, 6) is 1.74. The van der Waals surface area contributed by atoms with Crippen LogP contribution in [0.4, 0.5) is 5.82 Å². The van der Waals surface area contributed by atoms with Crippen LogP contribution >= 0.6 is 23.4 Å². The lowest BCUT2D eigenvalue weighted by molar-refractivity contribution is -0.115. The summed E-state index contributed by atoms with van der Waals surface area (Å²) in [6.45, 7) is 1.81. The molecule has 1 aromatic heterocycles. The quantitative estimate of drug-likeness (QED) is 0.851. The number of halogens is 1. The van der Waals surface area contributed by atoms with Gasteiger partial charge < -0.3 is 4.52 Å². The van der Waals surface area contributed by atoms with Crippen molar-refractivity contribution in [1.29, 1.82) is 0 Å². The van der Waals surface area contributed by atoms with Crippen molar-refractivity contribution in [3.63, 3.8) is 0 Å². The molecule has 1 amide bonds. The van der Waals surface area contributed by atoms with Crippen LogP contribution < -0.4 is 4.90 Å². The summed E-state index contributed by atoms with van der Waals surface area (Å²) in [5, 5.41) is 4.54. The van der Waals surface area contributed by atoms with Crippen LogP contribution in [0.25, 0.3) is 0 Å². The summed E-state index contributed by atoms with van der Waals surface area (Å²) < 4.78 is 5.05. The Balaban J connectivity index is 1.96. The Hall–Kier alpha value is -1.46. The SMILES string of the molecule is Cc1cc(N2C(=O)CS[C@@H]2c2ccc(Cl)cc2)no1. The van der Waals surface area contributed by atoms with Gasteiger partial charge in [0.2, 0.25) is 5.91 Å². The van der Waals surface area contributed by atoms with Crippen molar-refractivity contribution < 1.29 is 9.32 Å². The highest BCUT2D eigenvalue weighted by Gasteiger charge is 2.35. The number of amides is 1. The molecule has 0 spiro atoms. The Labute approximate surface area is 119 Å². The zero-order chi connectivity index (χ0) is 13.4. The summed E-state index contributed by atoms with van der Waals surface area (Å²) in [6, 6.07) is 9.28. The van der Waals surface area contributed by atoms with Crippen molar-refractivity contribution in [1.82, 2.24) is 5.16 Å². The number of benzene rings is 1. The minimum absolute atomic E-state index is 0.0400. The molecule has 98 valence electrons. The molecular weight excluding hydrogens is 284 g/mol. The summed E-state index contributed by atoms with van der Waals surface area (Å²) in [5.41, 5.74) is 1.03. The van der Waals surface area contributed by atoms with E-state index in [2.05, 4.69) is 5.16 Å². The smallest absolute Gasteiger partial charge is 0.239 e. The van der Waals surface area contributed by atoms with Gasteiger partial charge in [0.15, 0.2) is 5.82 Å². The van der Waals surface area contributed by atoms with Crippen LogP contribution in [0.1, 0.15) is 16.7 Å². The van der Waals surface area contributed by atoms with Gasteiger partial charge in [-0.05, 0) is 24.6 Å². The fourth-order valence-electron chi connectivity index (χ4n) is 2.01. The second-order valence-corrected chi connectivity index (χ2v) is 5.78. The van der Waals surface area contributed by atoms with Gasteiger partial charge in [-0.1, -0.05) is 28.9 Å². The van der Waals surface area contributed by atoms with Gasteiger partial charge in [-0.15, -0.1) is 11.8 Å². The molecule has 19 heavy (non-hydrogen) atoms. The molecule has 2 heterocycles. The summed E-state index contributed by atoms with van der Waals surface area (Å²) in [7, 11) is 0. The Morgan fingerprint density at radius 1 is 1.42 bits per heavy atom. The first kappa shape index (κ1) is 12.6. The highest BCUT2D eigenvalue weighted by atomic mass is 35.5. The maximum atomic E-state index is 12.0. The third-order valence-electron chi connectivity index (χ3n) is 2.89. The van der Waals surface area contributed by atoms with Crippen LogP contribution in [0.15, 0.2) is 34.9 Å². The molecule has 0 unspecified atom stereocenters. The first-order valence-corrected chi connectivity index (χ1v) is 7.20. The Morgan fingerprint density at radius 3 is 2.79 bits per heavy atom. The van der Waals surface area contributed by atoms with Gasteiger partial charge in [-0.3, -0.25) is 9.69 Å². The first-order valence-electron chi connectivity index (χ1n) is 5.77.